The Hall–Kier alpha value is -3.51. The molecule has 10 saturated heterocycles. The summed E-state index contributed by atoms with van der Waals surface area (Å²) in [5.74, 6) is -4.65. The van der Waals surface area contributed by atoms with Crippen LogP contribution in [0.5, 0.6) is 0 Å². The van der Waals surface area contributed by atoms with Crippen molar-refractivity contribution in [3.05, 3.63) is 0 Å². The van der Waals surface area contributed by atoms with E-state index < -0.39 is 421 Å². The minimum Gasteiger partial charge on any atom is -0.475 e. The lowest BCUT2D eigenvalue weighted by Crippen LogP contribution is -2.71. The second kappa shape index (κ2) is 45.9. The highest BCUT2D eigenvalue weighted by atomic mass is 16.8. The van der Waals surface area contributed by atoms with Gasteiger partial charge in [-0.3, -0.25) is 9.59 Å². The molecule has 0 bridgehead atoms. The lowest BCUT2D eigenvalue weighted by molar-refractivity contribution is -0.417. The zero-order chi connectivity index (χ0) is 93.8. The maximum absolute atomic E-state index is 13.0. The molecule has 10 fully saturated rings. The molecule has 1 amide bonds. The van der Waals surface area contributed by atoms with Crippen molar-refractivity contribution in [2.75, 3.05) is 66.1 Å². The Balaban J connectivity index is 0.990. The lowest BCUT2D eigenvalue weighted by atomic mass is 9.91. The third-order valence-electron chi connectivity index (χ3n) is 23.4. The molecule has 58 nitrogen and oxygen atoms in total. The lowest BCUT2D eigenvalue weighted by Gasteiger charge is -2.52. The second-order valence-corrected chi connectivity index (χ2v) is 31.9. The molecule has 58 heteroatoms. The Morgan fingerprint density at radius 3 is 1.22 bits per heavy atom. The van der Waals surface area contributed by atoms with Crippen LogP contribution >= 0.6 is 0 Å². The van der Waals surface area contributed by atoms with Gasteiger partial charge < -0.3 is 275 Å². The molecule has 0 aromatic heterocycles. The molecule has 0 radical (unpaired) electrons. The van der Waals surface area contributed by atoms with E-state index in [0.29, 0.717) is 0 Å². The average molecular weight is 1870 g/mol. The summed E-state index contributed by atoms with van der Waals surface area (Å²) in [7, 11) is 0. The van der Waals surface area contributed by atoms with E-state index in [-0.39, 0.29) is 0 Å². The number of amides is 1. The fraction of sp³-hybridized carbons (Fsp3) is 0.957. The number of carbonyl (C=O) groups is 3. The summed E-state index contributed by atoms with van der Waals surface area (Å²) in [5, 5.41) is 380. The number of carbonyl (C=O) groups excluding carboxylic acids is 2. The van der Waals surface area contributed by atoms with Gasteiger partial charge in [0.25, 0.3) is 0 Å². The molecule has 0 aliphatic carbocycles. The van der Waals surface area contributed by atoms with Crippen LogP contribution in [0.3, 0.4) is 0 Å². The molecule has 10 heterocycles. The van der Waals surface area contributed by atoms with E-state index in [1.807, 2.05) is 0 Å². The standard InChI is InChI=1S/C69H116N2O56/c1-13(80)71-27-33(91)54(122-63-43(101)34(92)29(87)21(7-76)113-63)23(9-78)114-62(27)110-12-25-30(88)35(93)44(102)65(116-25)124-56-42(100)47(105)67(120-52(56)17(84)5-74)126-58-41(99)40(98)50(16(83)4-73)119-69(58)125-57-48(106)68(121-53-19(2-14(81)60(107)108)111-22(8-77)31(53)89)123-55(24(10-79)115-64-45(103)36(94)38(96)49(117-64)15(82)3-72)59(57)127-66-46(104)37(95)39(97)51(118-66)18(85)11-109-61-26(70)32(90)28(86)20(6-75)112-61/h15-59,61-69,72-79,82-106H,2-12,70H2,1H3,(H,71,80)(H,107,108)/t15-,16-,17-,18-,19+,20+,21+,22+,23+,24-,25+,26+,27+,28+,29-,30+,31+,32+,33+,34-,35-,36-,37-,38-,39-,40-,41-,42+,43+,44+,45-,46-,47-,48-,49+,50+,51+,52+,53+,54-,55+,56-,57+,58-,59+,61-,62-,63+,64-,65+,66+,67+,68-,69+/m0/s1. The summed E-state index contributed by atoms with van der Waals surface area (Å²) >= 11 is 0. The number of carboxylic acids is 1. The molecule has 0 unspecified atom stereocenters. The molecule has 0 saturated carbocycles. The number of aliphatic carboxylic acids is 1. The molecule has 10 aliphatic rings. The van der Waals surface area contributed by atoms with Crippen LogP contribution in [0.25, 0.3) is 0 Å². The predicted octanol–water partition coefficient (Wildman–Crippen LogP) is -25.2. The van der Waals surface area contributed by atoms with Crippen molar-refractivity contribution in [3.8, 4) is 0 Å². The maximum atomic E-state index is 13.0. The number of Topliss-reactive ketones (excluding diaryl/α,β-unsaturated/α-hetero) is 1. The van der Waals surface area contributed by atoms with Gasteiger partial charge in [0.2, 0.25) is 11.7 Å². The largest absolute Gasteiger partial charge is 0.475 e. The highest BCUT2D eigenvalue weighted by Gasteiger charge is 2.63. The average Bonchev–Trinajstić information content (AvgIpc) is 1.63. The SMILES string of the molecule is CC(=O)N[C@H]1[C@@H](OC[C@H]2O[C@H](O[C@H]3[C@H](O)[C@H](O)[C@@H](O[C@@H]4[C@@H](O[C@@H]5[C@H](O)[C@@H](O[C@H]6[C@H](O)[C@@H](CO)O[C@@H]6CC(=O)C(=O)O)O[C@H]([C@H](CO)O[C@H]6O[C@H]([C@@H](O)CO)[C@@H](O)[C@H](O)[C@@H]6O)[C@H]5O[C@H]5O[C@H]([C@@H](O)CO[C@H]6O[C@H](CO)[C@@H](O)[C@H](O)[C@H]6N)[C@@H](O)[C@H](O)[C@@H]5O)O[C@H]([C@@H](O)CO)[C@@H](O)[C@@H]4O)O[C@@H]3[C@@H](O)CO)[C@H](O)[C@@H](O)[C@@H]2O)O[C@H](CO)[C@H](O[C@H]2O[C@H](CO)[C@H](O)[C@H](O)[C@H]2O)[C@@H]1O. The van der Waals surface area contributed by atoms with Gasteiger partial charge in [-0.05, 0) is 0 Å². The van der Waals surface area contributed by atoms with E-state index in [2.05, 4.69) is 5.32 Å². The molecular weight excluding hydrogens is 1750 g/mol. The highest BCUT2D eigenvalue weighted by molar-refractivity contribution is 6.32. The van der Waals surface area contributed by atoms with Crippen LogP contribution in [0, 0.1) is 0 Å². The van der Waals surface area contributed by atoms with Crippen molar-refractivity contribution >= 4 is 17.7 Å². The molecular formula is C69H116N2O56. The molecule has 0 spiro atoms. The topological polar surface area (TPSA) is 952 Å². The van der Waals surface area contributed by atoms with E-state index in [1.54, 1.807) is 0 Å². The Bertz CT molecular complexity index is 3380. The number of rotatable bonds is 37. The number of aliphatic hydroxyl groups is 33. The van der Waals surface area contributed by atoms with Crippen molar-refractivity contribution in [3.63, 3.8) is 0 Å². The Morgan fingerprint density at radius 2 is 0.693 bits per heavy atom. The minimum atomic E-state index is -2.91. The van der Waals surface area contributed by atoms with E-state index in [1.165, 1.54) is 0 Å². The normalized spacial score (nSPS) is 49.0. The number of hydrogen-bond donors (Lipinski definition) is 36. The smallest absolute Gasteiger partial charge is 0.372 e. The molecule has 0 aromatic carbocycles. The number of nitrogens with one attached hydrogen (secondary N) is 1. The third-order valence-corrected chi connectivity index (χ3v) is 23.4. The van der Waals surface area contributed by atoms with Gasteiger partial charge in [0.1, 0.15) is 262 Å². The molecule has 10 aliphatic heterocycles. The first kappa shape index (κ1) is 106. The van der Waals surface area contributed by atoms with Gasteiger partial charge in [0.05, 0.1) is 78.2 Å². The van der Waals surface area contributed by atoms with Crippen molar-refractivity contribution < 1.29 is 278 Å². The van der Waals surface area contributed by atoms with Crippen LogP contribution < -0.4 is 11.1 Å². The first-order valence-electron chi connectivity index (χ1n) is 40.0. The van der Waals surface area contributed by atoms with Gasteiger partial charge >= 0.3 is 5.97 Å². The fourth-order valence-corrected chi connectivity index (χ4v) is 16.1. The fourth-order valence-electron chi connectivity index (χ4n) is 16.1. The summed E-state index contributed by atoms with van der Waals surface area (Å²) in [6.07, 6.45) is -122. The summed E-state index contributed by atoms with van der Waals surface area (Å²) in [6.45, 7) is -11.0. The Labute approximate surface area is 715 Å². The van der Waals surface area contributed by atoms with Gasteiger partial charge in [0.15, 0.2) is 56.6 Å². The van der Waals surface area contributed by atoms with Crippen LogP contribution in [0.2, 0.25) is 0 Å². The van der Waals surface area contributed by atoms with Crippen molar-refractivity contribution in [2.24, 2.45) is 5.73 Å². The number of ether oxygens (including phenoxy) is 19. The van der Waals surface area contributed by atoms with Crippen LogP contribution in [0.15, 0.2) is 0 Å². The van der Waals surface area contributed by atoms with E-state index in [0.717, 1.165) is 6.92 Å². The monoisotopic (exact) mass is 1870 g/mol. The summed E-state index contributed by atoms with van der Waals surface area (Å²) in [5.41, 5.74) is 6.01. The van der Waals surface area contributed by atoms with E-state index in [4.69, 9.17) is 95.7 Å². The zero-order valence-corrected chi connectivity index (χ0v) is 66.7. The quantitative estimate of drug-likeness (QED) is 0.0257. The summed E-state index contributed by atoms with van der Waals surface area (Å²) in [6, 6.07) is -3.42. The zero-order valence-electron chi connectivity index (χ0n) is 66.7. The second-order valence-electron chi connectivity index (χ2n) is 31.9. The first-order chi connectivity index (χ1) is 60.0. The molecule has 127 heavy (non-hydrogen) atoms. The number of aliphatic hydroxyl groups excluding tert-OH is 33. The summed E-state index contributed by atoms with van der Waals surface area (Å²) < 4.78 is 111. The molecule has 37 N–H and O–H groups in total. The van der Waals surface area contributed by atoms with Gasteiger partial charge in [-0.2, -0.15) is 0 Å². The van der Waals surface area contributed by atoms with E-state index >= 15 is 0 Å². The molecule has 738 valence electrons. The van der Waals surface area contributed by atoms with Crippen LogP contribution in [0.1, 0.15) is 13.3 Å². The van der Waals surface area contributed by atoms with Crippen LogP contribution in [-0.4, -0.2) is 589 Å². The van der Waals surface area contributed by atoms with Crippen LogP contribution in [0.4, 0.5) is 0 Å². The Kier molecular flexibility index (Phi) is 38.1. The maximum Gasteiger partial charge on any atom is 0.372 e. The number of hydrogen-bond acceptors (Lipinski definition) is 56. The Morgan fingerprint density at radius 1 is 0.315 bits per heavy atom. The van der Waals surface area contributed by atoms with Crippen molar-refractivity contribution in [1.29, 1.82) is 0 Å². The van der Waals surface area contributed by atoms with E-state index in [9.17, 15) is 188 Å². The van der Waals surface area contributed by atoms with Crippen molar-refractivity contribution in [1.82, 2.24) is 5.32 Å². The molecule has 0 aromatic rings. The third kappa shape index (κ3) is 22.9. The number of ketones is 1. The molecule has 54 atom stereocenters. The minimum absolute atomic E-state index is 0.892. The van der Waals surface area contributed by atoms with Gasteiger partial charge in [-0.15, -0.1) is 0 Å². The predicted molar refractivity (Wildman–Crippen MR) is 382 cm³/mol. The molecule has 10 rings (SSSR count). The van der Waals surface area contributed by atoms with Gasteiger partial charge in [0, 0.05) is 13.3 Å². The van der Waals surface area contributed by atoms with Gasteiger partial charge in [-0.1, -0.05) is 0 Å². The number of carboxylic acid groups (broad SMARTS) is 1. The number of nitrogens with two attached hydrogens (primary N) is 1. The van der Waals surface area contributed by atoms with Crippen molar-refractivity contribution in [2.45, 2.75) is 345 Å². The highest BCUT2D eigenvalue weighted by Crippen LogP contribution is 2.43. The summed E-state index contributed by atoms with van der Waals surface area (Å²) in [4.78, 5) is 37.5. The van der Waals surface area contributed by atoms with Crippen LogP contribution in [-0.2, 0) is 104 Å². The van der Waals surface area contributed by atoms with Gasteiger partial charge in [-0.25, -0.2) is 4.79 Å². The first-order valence-corrected chi connectivity index (χ1v) is 40.0.